The topological polar surface area (TPSA) is 57.6 Å². The van der Waals surface area contributed by atoms with Crippen LogP contribution in [0.2, 0.25) is 0 Å². The lowest BCUT2D eigenvalue weighted by molar-refractivity contribution is -0.118. The first-order valence-electron chi connectivity index (χ1n) is 6.67. The van der Waals surface area contributed by atoms with Crippen LogP contribution in [0.25, 0.3) is 0 Å². The van der Waals surface area contributed by atoms with Gasteiger partial charge in [0.2, 0.25) is 0 Å². The molecule has 1 fully saturated rings. The van der Waals surface area contributed by atoms with Gasteiger partial charge in [-0.2, -0.15) is 0 Å². The van der Waals surface area contributed by atoms with Gasteiger partial charge in [-0.3, -0.25) is 9.59 Å². The van der Waals surface area contributed by atoms with Crippen molar-refractivity contribution < 1.29 is 14.7 Å². The molecule has 2 rings (SSSR count). The molecule has 1 aromatic carbocycles. The fourth-order valence-corrected chi connectivity index (χ4v) is 2.58. The molecule has 0 bridgehead atoms. The number of hydrogen-bond acceptors (Lipinski definition) is 3. The normalized spacial score (nSPS) is 19.2. The molecule has 1 N–H and O–H groups in total. The van der Waals surface area contributed by atoms with Gasteiger partial charge in [-0.25, -0.2) is 0 Å². The molecule has 4 nitrogen and oxygen atoms in total. The molecule has 1 saturated heterocycles. The monoisotopic (exact) mass is 261 g/mol. The van der Waals surface area contributed by atoms with Crippen LogP contribution in [-0.4, -0.2) is 34.3 Å². The van der Waals surface area contributed by atoms with Gasteiger partial charge in [0.15, 0.2) is 0 Å². The Bertz CT molecular complexity index is 467. The molecule has 1 aromatic rings. The Balaban J connectivity index is 2.15. The molecule has 1 heterocycles. The summed E-state index contributed by atoms with van der Waals surface area (Å²) in [4.78, 5) is 25.5. The number of carbonyl (C=O) groups is 2. The standard InChI is InChI=1S/C15H19NO3/c1-11(17)10-13-4-2-3-9-16(13)15(19)12-5-7-14(18)8-6-12/h5-8,13,18H,2-4,9-10H2,1H3. The Morgan fingerprint density at radius 2 is 1.95 bits per heavy atom. The van der Waals surface area contributed by atoms with E-state index >= 15 is 0 Å². The molecule has 1 aliphatic heterocycles. The van der Waals surface area contributed by atoms with Crippen molar-refractivity contribution in [1.82, 2.24) is 4.90 Å². The number of rotatable bonds is 3. The smallest absolute Gasteiger partial charge is 0.254 e. The zero-order valence-electron chi connectivity index (χ0n) is 11.1. The van der Waals surface area contributed by atoms with Crippen molar-refractivity contribution in [1.29, 1.82) is 0 Å². The Hall–Kier alpha value is -1.84. The van der Waals surface area contributed by atoms with E-state index in [1.165, 1.54) is 12.1 Å². The van der Waals surface area contributed by atoms with E-state index in [1.54, 1.807) is 24.0 Å². The maximum absolute atomic E-state index is 12.4. The maximum atomic E-state index is 12.4. The highest BCUT2D eigenvalue weighted by Crippen LogP contribution is 2.23. The lowest BCUT2D eigenvalue weighted by Crippen LogP contribution is -2.44. The maximum Gasteiger partial charge on any atom is 0.254 e. The van der Waals surface area contributed by atoms with Crippen molar-refractivity contribution in [2.24, 2.45) is 0 Å². The summed E-state index contributed by atoms with van der Waals surface area (Å²) < 4.78 is 0. The third-order valence-electron chi connectivity index (χ3n) is 3.53. The quantitative estimate of drug-likeness (QED) is 0.908. The van der Waals surface area contributed by atoms with Crippen molar-refractivity contribution in [2.75, 3.05) is 6.54 Å². The van der Waals surface area contributed by atoms with Crippen LogP contribution >= 0.6 is 0 Å². The van der Waals surface area contributed by atoms with Crippen molar-refractivity contribution in [3.8, 4) is 5.75 Å². The summed E-state index contributed by atoms with van der Waals surface area (Å²) in [7, 11) is 0. The van der Waals surface area contributed by atoms with Gasteiger partial charge in [-0.05, 0) is 50.5 Å². The van der Waals surface area contributed by atoms with E-state index in [1.807, 2.05) is 0 Å². The molecule has 0 saturated carbocycles. The van der Waals surface area contributed by atoms with Gasteiger partial charge in [0, 0.05) is 24.6 Å². The minimum Gasteiger partial charge on any atom is -0.508 e. The third-order valence-corrected chi connectivity index (χ3v) is 3.53. The molecule has 0 spiro atoms. The lowest BCUT2D eigenvalue weighted by Gasteiger charge is -2.35. The van der Waals surface area contributed by atoms with Gasteiger partial charge in [-0.1, -0.05) is 0 Å². The number of carbonyl (C=O) groups excluding carboxylic acids is 2. The second-order valence-electron chi connectivity index (χ2n) is 5.10. The first-order chi connectivity index (χ1) is 9.08. The number of aromatic hydroxyl groups is 1. The molecule has 1 unspecified atom stereocenters. The lowest BCUT2D eigenvalue weighted by atomic mass is 9.97. The van der Waals surface area contributed by atoms with Crippen LogP contribution in [0.1, 0.15) is 43.0 Å². The second-order valence-corrected chi connectivity index (χ2v) is 5.10. The van der Waals surface area contributed by atoms with E-state index < -0.39 is 0 Å². The predicted molar refractivity (Wildman–Crippen MR) is 72.1 cm³/mol. The van der Waals surface area contributed by atoms with Crippen molar-refractivity contribution in [3.05, 3.63) is 29.8 Å². The number of piperidine rings is 1. The first kappa shape index (κ1) is 13.6. The Kier molecular flexibility index (Phi) is 4.20. The van der Waals surface area contributed by atoms with E-state index in [0.29, 0.717) is 18.5 Å². The Morgan fingerprint density at radius 1 is 1.26 bits per heavy atom. The van der Waals surface area contributed by atoms with E-state index in [4.69, 9.17) is 0 Å². The van der Waals surface area contributed by atoms with Gasteiger partial charge in [0.1, 0.15) is 11.5 Å². The molecule has 19 heavy (non-hydrogen) atoms. The average molecular weight is 261 g/mol. The molecule has 0 aliphatic carbocycles. The van der Waals surface area contributed by atoms with Crippen molar-refractivity contribution in [2.45, 2.75) is 38.6 Å². The molecule has 1 aliphatic rings. The van der Waals surface area contributed by atoms with E-state index in [9.17, 15) is 14.7 Å². The zero-order valence-corrected chi connectivity index (χ0v) is 11.1. The number of ketones is 1. The van der Waals surface area contributed by atoms with Crippen LogP contribution in [0.15, 0.2) is 24.3 Å². The summed E-state index contributed by atoms with van der Waals surface area (Å²) in [6.45, 7) is 2.27. The predicted octanol–water partition coefficient (Wildman–Crippen LogP) is 2.37. The van der Waals surface area contributed by atoms with Gasteiger partial charge in [0.25, 0.3) is 5.91 Å². The molecule has 0 aromatic heterocycles. The summed E-state index contributed by atoms with van der Waals surface area (Å²) >= 11 is 0. The van der Waals surface area contributed by atoms with Gasteiger partial charge >= 0.3 is 0 Å². The second kappa shape index (κ2) is 5.87. The van der Waals surface area contributed by atoms with Gasteiger partial charge in [-0.15, -0.1) is 0 Å². The largest absolute Gasteiger partial charge is 0.508 e. The number of benzene rings is 1. The molecular formula is C15H19NO3. The van der Waals surface area contributed by atoms with Crippen LogP contribution in [0, 0.1) is 0 Å². The first-order valence-corrected chi connectivity index (χ1v) is 6.67. The van der Waals surface area contributed by atoms with Crippen LogP contribution < -0.4 is 0 Å². The molecule has 1 amide bonds. The number of amides is 1. The Morgan fingerprint density at radius 3 is 2.58 bits per heavy atom. The summed E-state index contributed by atoms with van der Waals surface area (Å²) in [5.41, 5.74) is 0.563. The molecule has 102 valence electrons. The summed E-state index contributed by atoms with van der Waals surface area (Å²) in [5.74, 6) is 0.219. The van der Waals surface area contributed by atoms with E-state index in [0.717, 1.165) is 19.3 Å². The molecular weight excluding hydrogens is 242 g/mol. The number of phenols is 1. The van der Waals surface area contributed by atoms with E-state index in [2.05, 4.69) is 0 Å². The van der Waals surface area contributed by atoms with Gasteiger partial charge < -0.3 is 10.0 Å². The van der Waals surface area contributed by atoms with Crippen LogP contribution in [0.4, 0.5) is 0 Å². The summed E-state index contributed by atoms with van der Waals surface area (Å²) in [6, 6.07) is 6.29. The highest BCUT2D eigenvalue weighted by atomic mass is 16.3. The number of nitrogens with zero attached hydrogens (tertiary/aromatic N) is 1. The summed E-state index contributed by atoms with van der Waals surface area (Å²) in [5, 5.41) is 9.25. The number of Topliss-reactive ketones (excluding diaryl/α,β-unsaturated/α-hetero) is 1. The number of phenolic OH excluding ortho intramolecular Hbond substituents is 1. The molecule has 4 heteroatoms. The van der Waals surface area contributed by atoms with Crippen LogP contribution in [-0.2, 0) is 4.79 Å². The minimum atomic E-state index is -0.0500. The zero-order chi connectivity index (χ0) is 13.8. The van der Waals surface area contributed by atoms with E-state index in [-0.39, 0.29) is 23.5 Å². The number of likely N-dealkylation sites (tertiary alicyclic amines) is 1. The molecule has 0 radical (unpaired) electrons. The molecule has 1 atom stereocenters. The van der Waals surface area contributed by atoms with Crippen molar-refractivity contribution in [3.63, 3.8) is 0 Å². The minimum absolute atomic E-state index is 0.0209. The van der Waals surface area contributed by atoms with Gasteiger partial charge in [0.05, 0.1) is 0 Å². The SMILES string of the molecule is CC(=O)CC1CCCCN1C(=O)c1ccc(O)cc1. The summed E-state index contributed by atoms with van der Waals surface area (Å²) in [6.07, 6.45) is 3.38. The Labute approximate surface area is 113 Å². The highest BCUT2D eigenvalue weighted by Gasteiger charge is 2.28. The fraction of sp³-hybridized carbons (Fsp3) is 0.467. The van der Waals surface area contributed by atoms with Crippen molar-refractivity contribution >= 4 is 11.7 Å². The third kappa shape index (κ3) is 3.34. The fourth-order valence-electron chi connectivity index (χ4n) is 2.58. The highest BCUT2D eigenvalue weighted by molar-refractivity contribution is 5.95. The number of hydrogen-bond donors (Lipinski definition) is 1. The van der Waals surface area contributed by atoms with Crippen LogP contribution in [0.3, 0.4) is 0 Å². The van der Waals surface area contributed by atoms with Crippen LogP contribution in [0.5, 0.6) is 5.75 Å². The average Bonchev–Trinajstić information content (AvgIpc) is 2.39.